The molecule has 200 valence electrons. The van der Waals surface area contributed by atoms with Crippen LogP contribution in [0.15, 0.2) is 12.7 Å². The van der Waals surface area contributed by atoms with Crippen molar-refractivity contribution in [2.75, 3.05) is 0 Å². The second-order valence-corrected chi connectivity index (χ2v) is 16.9. The van der Waals surface area contributed by atoms with Crippen molar-refractivity contribution in [2.45, 2.75) is 128 Å². The van der Waals surface area contributed by atoms with E-state index in [0.717, 1.165) is 19.3 Å². The van der Waals surface area contributed by atoms with Crippen LogP contribution in [0.4, 0.5) is 4.79 Å². The Balaban J connectivity index is 3.14. The first kappa shape index (κ1) is 31.2. The molecule has 2 amide bonds. The highest BCUT2D eigenvalue weighted by Crippen LogP contribution is 2.40. The van der Waals surface area contributed by atoms with E-state index < -0.39 is 49.9 Å². The van der Waals surface area contributed by atoms with Crippen LogP contribution in [0, 0.1) is 0 Å². The molecule has 0 saturated carbocycles. The van der Waals surface area contributed by atoms with Crippen molar-refractivity contribution in [3.05, 3.63) is 12.7 Å². The minimum absolute atomic E-state index is 0.0465. The molecule has 1 saturated heterocycles. The lowest BCUT2D eigenvalue weighted by Crippen LogP contribution is -2.56. The number of alkyl carbamates (subject to hydrolysis) is 1. The fourth-order valence-corrected chi connectivity index (χ4v) is 5.37. The number of nitrogens with one attached hydrogen (secondary N) is 1. The Labute approximate surface area is 213 Å². The molecule has 0 spiro atoms. The summed E-state index contributed by atoms with van der Waals surface area (Å²) in [6, 6.07) is -1.87. The number of carbonyl (C=O) groups is 3. The molecule has 0 bridgehead atoms. The number of unbranched alkanes of at least 4 members (excludes halogenated alkanes) is 3. The van der Waals surface area contributed by atoms with Crippen molar-refractivity contribution in [3.63, 3.8) is 0 Å². The van der Waals surface area contributed by atoms with Gasteiger partial charge in [0.15, 0.2) is 8.32 Å². The maximum absolute atomic E-state index is 13.7. The Morgan fingerprint density at radius 1 is 1.17 bits per heavy atom. The summed E-state index contributed by atoms with van der Waals surface area (Å²) in [4.78, 5) is 39.8. The average molecular weight is 511 g/mol. The number of allylic oxidation sites excluding steroid dienone is 1. The van der Waals surface area contributed by atoms with Gasteiger partial charge in [-0.25, -0.2) is 9.59 Å². The number of ether oxygens (including phenoxy) is 1. The van der Waals surface area contributed by atoms with Crippen LogP contribution >= 0.6 is 0 Å². The maximum Gasteiger partial charge on any atom is 0.408 e. The SMILES string of the molecule is BC1C(O[Si](C)(C)C(C)(C)C)C[C@@H](C(=O)O)N1C(=O)[C@H](CCCCCC=C)NC(=O)OC(C)(C)C. The summed E-state index contributed by atoms with van der Waals surface area (Å²) in [5.41, 5.74) is -0.714. The predicted molar refractivity (Wildman–Crippen MR) is 144 cm³/mol. The number of hydrogen-bond donors (Lipinski definition) is 2. The molecule has 2 N–H and O–H groups in total. The van der Waals surface area contributed by atoms with Crippen LogP contribution in [0.5, 0.6) is 0 Å². The number of hydrogen-bond acceptors (Lipinski definition) is 5. The van der Waals surface area contributed by atoms with E-state index in [1.165, 1.54) is 4.90 Å². The Kier molecular flexibility index (Phi) is 11.1. The molecular weight excluding hydrogens is 463 g/mol. The summed E-state index contributed by atoms with van der Waals surface area (Å²) in [5, 5.41) is 12.6. The van der Waals surface area contributed by atoms with Gasteiger partial charge in [0.1, 0.15) is 25.5 Å². The highest BCUT2D eigenvalue weighted by molar-refractivity contribution is 6.74. The lowest BCUT2D eigenvalue weighted by Gasteiger charge is -2.40. The second kappa shape index (κ2) is 12.4. The van der Waals surface area contributed by atoms with E-state index in [9.17, 15) is 19.5 Å². The van der Waals surface area contributed by atoms with Crippen molar-refractivity contribution in [1.29, 1.82) is 0 Å². The Bertz CT molecular complexity index is 762. The largest absolute Gasteiger partial charge is 0.480 e. The van der Waals surface area contributed by atoms with Gasteiger partial charge in [0, 0.05) is 12.4 Å². The summed E-state index contributed by atoms with van der Waals surface area (Å²) < 4.78 is 11.9. The van der Waals surface area contributed by atoms with Crippen LogP contribution in [-0.4, -0.2) is 73.9 Å². The van der Waals surface area contributed by atoms with Crippen LogP contribution in [0.25, 0.3) is 0 Å². The molecule has 0 aliphatic carbocycles. The number of rotatable bonds is 11. The molecule has 1 fully saturated rings. The number of carboxylic acids is 1. The van der Waals surface area contributed by atoms with Gasteiger partial charge in [0.2, 0.25) is 5.91 Å². The van der Waals surface area contributed by atoms with Crippen molar-refractivity contribution < 1.29 is 28.7 Å². The molecule has 0 aromatic heterocycles. The predicted octanol–water partition coefficient (Wildman–Crippen LogP) is 4.05. The van der Waals surface area contributed by atoms with Crippen LogP contribution in [0.2, 0.25) is 18.1 Å². The Morgan fingerprint density at radius 2 is 1.77 bits per heavy atom. The number of aliphatic carboxylic acids is 1. The number of nitrogens with zero attached hydrogens (tertiary/aromatic N) is 1. The van der Waals surface area contributed by atoms with Crippen LogP contribution in [0.3, 0.4) is 0 Å². The van der Waals surface area contributed by atoms with E-state index in [0.29, 0.717) is 12.8 Å². The first-order valence-electron chi connectivity index (χ1n) is 12.7. The summed E-state index contributed by atoms with van der Waals surface area (Å²) >= 11 is 0. The van der Waals surface area contributed by atoms with E-state index in [1.807, 2.05) is 13.9 Å². The fraction of sp³-hybridized carbons (Fsp3) is 0.800. The molecule has 35 heavy (non-hydrogen) atoms. The van der Waals surface area contributed by atoms with Gasteiger partial charge in [-0.2, -0.15) is 0 Å². The van der Waals surface area contributed by atoms with Crippen LogP contribution in [0.1, 0.15) is 80.1 Å². The molecule has 2 unspecified atom stereocenters. The monoisotopic (exact) mass is 510 g/mol. The summed E-state index contributed by atoms with van der Waals surface area (Å²) in [5.74, 6) is -1.89. The molecule has 10 heteroatoms. The minimum Gasteiger partial charge on any atom is -0.480 e. The van der Waals surface area contributed by atoms with Crippen LogP contribution in [-0.2, 0) is 18.8 Å². The normalized spacial score (nSPS) is 21.9. The van der Waals surface area contributed by atoms with Gasteiger partial charge >= 0.3 is 12.1 Å². The zero-order chi connectivity index (χ0) is 27.2. The smallest absolute Gasteiger partial charge is 0.408 e. The van der Waals surface area contributed by atoms with Gasteiger partial charge in [0.05, 0.1) is 6.10 Å². The van der Waals surface area contributed by atoms with Crippen molar-refractivity contribution in [3.8, 4) is 0 Å². The van der Waals surface area contributed by atoms with Crippen LogP contribution < -0.4 is 5.32 Å². The standard InChI is InChI=1S/C25H47BN2O6Si/c1-10-11-12-13-14-15-17(27-23(32)33-24(2,3)4)21(29)28-18(22(30)31)16-19(20(28)26)34-35(8,9)25(5,6)7/h10,17-20H,1,11-16,26H2,2-9H3,(H,27,32)(H,30,31)/t17-,18-,19?,20?/m0/s1. The Hall–Kier alpha value is -1.81. The van der Waals surface area contributed by atoms with E-state index in [2.05, 4.69) is 45.8 Å². The quantitative estimate of drug-likeness (QED) is 0.247. The maximum atomic E-state index is 13.7. The van der Waals surface area contributed by atoms with E-state index in [1.54, 1.807) is 20.8 Å². The van der Waals surface area contributed by atoms with Crippen molar-refractivity contribution >= 4 is 34.1 Å². The molecular formula is C25H47BN2O6Si. The van der Waals surface area contributed by atoms with Gasteiger partial charge in [-0.3, -0.25) is 4.79 Å². The highest BCUT2D eigenvalue weighted by atomic mass is 28.4. The molecule has 0 aromatic carbocycles. The molecule has 1 heterocycles. The molecule has 4 atom stereocenters. The Morgan fingerprint density at radius 3 is 2.26 bits per heavy atom. The van der Waals surface area contributed by atoms with Gasteiger partial charge < -0.3 is 24.5 Å². The van der Waals surface area contributed by atoms with Crippen molar-refractivity contribution in [1.82, 2.24) is 10.2 Å². The van der Waals surface area contributed by atoms with E-state index in [-0.39, 0.29) is 17.6 Å². The molecule has 0 aromatic rings. The summed E-state index contributed by atoms with van der Waals surface area (Å²) in [7, 11) is -0.343. The number of likely N-dealkylation sites (tertiary alicyclic amines) is 1. The second-order valence-electron chi connectivity index (χ2n) is 12.1. The number of carbonyl (C=O) groups excluding carboxylic acids is 2. The fourth-order valence-electron chi connectivity index (χ4n) is 3.97. The molecule has 1 aliphatic rings. The van der Waals surface area contributed by atoms with Gasteiger partial charge in [-0.15, -0.1) is 6.58 Å². The molecule has 0 radical (unpaired) electrons. The zero-order valence-corrected chi connectivity index (χ0v) is 24.3. The van der Waals surface area contributed by atoms with Gasteiger partial charge in [0.25, 0.3) is 0 Å². The lowest BCUT2D eigenvalue weighted by molar-refractivity contribution is -0.149. The molecule has 1 rings (SSSR count). The topological polar surface area (TPSA) is 105 Å². The van der Waals surface area contributed by atoms with E-state index >= 15 is 0 Å². The van der Waals surface area contributed by atoms with E-state index in [4.69, 9.17) is 9.16 Å². The van der Waals surface area contributed by atoms with Gasteiger partial charge in [-0.1, -0.05) is 39.7 Å². The summed E-state index contributed by atoms with van der Waals surface area (Å²) in [6.07, 6.45) is 4.83. The number of amides is 2. The third-order valence-corrected chi connectivity index (χ3v) is 11.5. The molecule has 8 nitrogen and oxygen atoms in total. The van der Waals surface area contributed by atoms with Crippen molar-refractivity contribution in [2.24, 2.45) is 0 Å². The third kappa shape index (κ3) is 9.29. The minimum atomic E-state index is -2.18. The zero-order valence-electron chi connectivity index (χ0n) is 23.3. The highest BCUT2D eigenvalue weighted by Gasteiger charge is 2.50. The lowest BCUT2D eigenvalue weighted by atomic mass is 9.91. The average Bonchev–Trinajstić information content (AvgIpc) is 3.00. The first-order valence-corrected chi connectivity index (χ1v) is 15.7. The third-order valence-electron chi connectivity index (χ3n) is 6.95. The summed E-state index contributed by atoms with van der Waals surface area (Å²) in [6.45, 7) is 19.6. The number of carboxylic acid groups (broad SMARTS) is 1. The first-order chi connectivity index (χ1) is 15.9. The molecule has 1 aliphatic heterocycles. The van der Waals surface area contributed by atoms with Gasteiger partial charge in [-0.05, 0) is 58.2 Å².